The summed E-state index contributed by atoms with van der Waals surface area (Å²) in [5.74, 6) is -1.02. The monoisotopic (exact) mass is 276 g/mol. The van der Waals surface area contributed by atoms with Gasteiger partial charge in [0.15, 0.2) is 0 Å². The highest BCUT2D eigenvalue weighted by molar-refractivity contribution is 6.21. The number of nitrogen functional groups attached to an aromatic ring is 1. The zero-order valence-corrected chi connectivity index (χ0v) is 11.2. The predicted molar refractivity (Wildman–Crippen MR) is 72.1 cm³/mol. The van der Waals surface area contributed by atoms with Gasteiger partial charge in [-0.15, -0.1) is 0 Å². The molecule has 1 aromatic carbocycles. The molecule has 0 saturated heterocycles. The summed E-state index contributed by atoms with van der Waals surface area (Å²) in [4.78, 5) is 36.5. The van der Waals surface area contributed by atoms with Gasteiger partial charge >= 0.3 is 5.97 Å². The minimum atomic E-state index is -0.360. The van der Waals surface area contributed by atoms with E-state index in [1.807, 2.05) is 0 Å². The van der Waals surface area contributed by atoms with Crippen LogP contribution in [0.1, 0.15) is 40.5 Å². The second-order valence-electron chi connectivity index (χ2n) is 4.48. The molecule has 106 valence electrons. The molecule has 6 heteroatoms. The molecule has 1 heterocycles. The van der Waals surface area contributed by atoms with E-state index in [2.05, 4.69) is 0 Å². The van der Waals surface area contributed by atoms with Gasteiger partial charge < -0.3 is 10.5 Å². The van der Waals surface area contributed by atoms with Gasteiger partial charge in [0.25, 0.3) is 11.8 Å². The predicted octanol–water partition coefficient (Wildman–Crippen LogP) is 1.21. The number of imide groups is 1. The van der Waals surface area contributed by atoms with Crippen LogP contribution in [0, 0.1) is 0 Å². The van der Waals surface area contributed by atoms with E-state index in [4.69, 9.17) is 10.5 Å². The van der Waals surface area contributed by atoms with Gasteiger partial charge in [-0.05, 0) is 31.5 Å². The zero-order valence-electron chi connectivity index (χ0n) is 11.2. The van der Waals surface area contributed by atoms with Crippen LogP contribution in [0.2, 0.25) is 0 Å². The van der Waals surface area contributed by atoms with E-state index in [1.165, 1.54) is 6.07 Å². The van der Waals surface area contributed by atoms with Crippen LogP contribution in [0.5, 0.6) is 0 Å². The number of nitrogens with zero attached hydrogens (tertiary/aromatic N) is 1. The van der Waals surface area contributed by atoms with E-state index in [0.717, 1.165) is 4.90 Å². The molecule has 2 N–H and O–H groups in total. The molecule has 2 rings (SSSR count). The van der Waals surface area contributed by atoms with E-state index in [0.29, 0.717) is 29.8 Å². The highest BCUT2D eigenvalue weighted by Gasteiger charge is 2.35. The van der Waals surface area contributed by atoms with Gasteiger partial charge in [-0.25, -0.2) is 0 Å². The Labute approximate surface area is 116 Å². The zero-order chi connectivity index (χ0) is 14.7. The Balaban J connectivity index is 2.00. The Morgan fingerprint density at radius 2 is 1.95 bits per heavy atom. The molecular weight excluding hydrogens is 260 g/mol. The molecule has 6 nitrogen and oxygen atoms in total. The third kappa shape index (κ3) is 2.64. The van der Waals surface area contributed by atoms with Gasteiger partial charge in [0.2, 0.25) is 0 Å². The molecule has 0 radical (unpaired) electrons. The Hall–Kier alpha value is -2.37. The molecule has 0 unspecified atom stereocenters. The first-order valence-corrected chi connectivity index (χ1v) is 6.46. The van der Waals surface area contributed by atoms with Gasteiger partial charge in [0.05, 0.1) is 17.7 Å². The van der Waals surface area contributed by atoms with Crippen molar-refractivity contribution in [2.45, 2.75) is 19.8 Å². The van der Waals surface area contributed by atoms with Crippen molar-refractivity contribution in [3.8, 4) is 0 Å². The number of hydrogen-bond acceptors (Lipinski definition) is 5. The summed E-state index contributed by atoms with van der Waals surface area (Å²) in [5, 5.41) is 0. The van der Waals surface area contributed by atoms with Gasteiger partial charge in [-0.1, -0.05) is 0 Å². The maximum atomic E-state index is 12.1. The minimum Gasteiger partial charge on any atom is -0.466 e. The number of benzene rings is 1. The van der Waals surface area contributed by atoms with Crippen molar-refractivity contribution in [3.05, 3.63) is 29.3 Å². The fraction of sp³-hybridized carbons (Fsp3) is 0.357. The second-order valence-corrected chi connectivity index (χ2v) is 4.48. The van der Waals surface area contributed by atoms with Gasteiger partial charge in [0, 0.05) is 18.7 Å². The first-order chi connectivity index (χ1) is 9.54. The van der Waals surface area contributed by atoms with Crippen LogP contribution in [-0.2, 0) is 9.53 Å². The second kappa shape index (κ2) is 5.73. The van der Waals surface area contributed by atoms with Crippen molar-refractivity contribution in [1.29, 1.82) is 0 Å². The van der Waals surface area contributed by atoms with Crippen molar-refractivity contribution in [3.63, 3.8) is 0 Å². The number of nitrogens with two attached hydrogens (primary N) is 1. The van der Waals surface area contributed by atoms with Crippen molar-refractivity contribution in [2.75, 3.05) is 18.9 Å². The highest BCUT2D eigenvalue weighted by Crippen LogP contribution is 2.25. The Bertz CT molecular complexity index is 568. The maximum Gasteiger partial charge on any atom is 0.305 e. The number of anilines is 1. The third-order valence-corrected chi connectivity index (χ3v) is 3.06. The molecule has 1 aromatic rings. The molecule has 1 aliphatic rings. The summed E-state index contributed by atoms with van der Waals surface area (Å²) < 4.78 is 4.79. The molecule has 0 saturated carbocycles. The fourth-order valence-electron chi connectivity index (χ4n) is 2.13. The molecule has 2 amide bonds. The lowest BCUT2D eigenvalue weighted by Crippen LogP contribution is -2.31. The van der Waals surface area contributed by atoms with Gasteiger partial charge in [-0.3, -0.25) is 19.3 Å². The Morgan fingerprint density at radius 1 is 1.25 bits per heavy atom. The first kappa shape index (κ1) is 14.0. The highest BCUT2D eigenvalue weighted by atomic mass is 16.5. The normalized spacial score (nSPS) is 13.6. The number of carbonyl (C=O) groups is 3. The quantitative estimate of drug-likeness (QED) is 0.496. The number of ether oxygens (including phenoxy) is 1. The van der Waals surface area contributed by atoms with E-state index >= 15 is 0 Å². The Kier molecular flexibility index (Phi) is 4.02. The molecule has 0 aliphatic carbocycles. The van der Waals surface area contributed by atoms with Gasteiger partial charge in [-0.2, -0.15) is 0 Å². The van der Waals surface area contributed by atoms with Crippen LogP contribution in [-0.4, -0.2) is 35.8 Å². The van der Waals surface area contributed by atoms with Crippen LogP contribution in [0.3, 0.4) is 0 Å². The molecule has 0 fully saturated rings. The number of hydrogen-bond donors (Lipinski definition) is 1. The molecule has 0 spiro atoms. The largest absolute Gasteiger partial charge is 0.466 e. The number of fused-ring (bicyclic) bond motifs is 1. The van der Waals surface area contributed by atoms with Crippen LogP contribution in [0.25, 0.3) is 0 Å². The summed E-state index contributed by atoms with van der Waals surface area (Å²) in [6, 6.07) is 4.64. The summed E-state index contributed by atoms with van der Waals surface area (Å²) >= 11 is 0. The third-order valence-electron chi connectivity index (χ3n) is 3.06. The molecule has 0 bridgehead atoms. The lowest BCUT2D eigenvalue weighted by molar-refractivity contribution is -0.143. The molecule has 0 atom stereocenters. The maximum absolute atomic E-state index is 12.1. The standard InChI is InChI=1S/C14H16N2O4/c1-2-20-12(17)4-3-7-16-13(18)10-6-5-9(15)8-11(10)14(16)19/h5-6,8H,2-4,7,15H2,1H3. The lowest BCUT2D eigenvalue weighted by Gasteiger charge is -2.12. The van der Waals surface area contributed by atoms with E-state index in [1.54, 1.807) is 19.1 Å². The van der Waals surface area contributed by atoms with Crippen molar-refractivity contribution < 1.29 is 19.1 Å². The molecule has 1 aliphatic heterocycles. The van der Waals surface area contributed by atoms with E-state index in [-0.39, 0.29) is 30.7 Å². The van der Waals surface area contributed by atoms with Gasteiger partial charge in [0.1, 0.15) is 0 Å². The number of amides is 2. The van der Waals surface area contributed by atoms with Crippen LogP contribution >= 0.6 is 0 Å². The topological polar surface area (TPSA) is 89.7 Å². The Morgan fingerprint density at radius 3 is 2.65 bits per heavy atom. The first-order valence-electron chi connectivity index (χ1n) is 6.46. The summed E-state index contributed by atoms with van der Waals surface area (Å²) in [6.07, 6.45) is 0.573. The summed E-state index contributed by atoms with van der Waals surface area (Å²) in [7, 11) is 0. The number of carbonyl (C=O) groups excluding carboxylic acids is 3. The summed E-state index contributed by atoms with van der Waals surface area (Å²) in [5.41, 5.74) is 6.74. The lowest BCUT2D eigenvalue weighted by atomic mass is 10.1. The SMILES string of the molecule is CCOC(=O)CCCN1C(=O)c2ccc(N)cc2C1=O. The molecule has 0 aromatic heterocycles. The molecule has 20 heavy (non-hydrogen) atoms. The number of rotatable bonds is 5. The van der Waals surface area contributed by atoms with E-state index < -0.39 is 0 Å². The molecular formula is C14H16N2O4. The smallest absolute Gasteiger partial charge is 0.305 e. The summed E-state index contributed by atoms with van der Waals surface area (Å²) in [6.45, 7) is 2.25. The minimum absolute atomic E-state index is 0.184. The van der Waals surface area contributed by atoms with Crippen LogP contribution < -0.4 is 5.73 Å². The average molecular weight is 276 g/mol. The van der Waals surface area contributed by atoms with Crippen molar-refractivity contribution in [2.24, 2.45) is 0 Å². The fourth-order valence-corrected chi connectivity index (χ4v) is 2.13. The van der Waals surface area contributed by atoms with Crippen molar-refractivity contribution in [1.82, 2.24) is 4.90 Å². The van der Waals surface area contributed by atoms with E-state index in [9.17, 15) is 14.4 Å². The van der Waals surface area contributed by atoms with Crippen LogP contribution in [0.4, 0.5) is 5.69 Å². The number of esters is 1. The van der Waals surface area contributed by atoms with Crippen LogP contribution in [0.15, 0.2) is 18.2 Å². The average Bonchev–Trinajstić information content (AvgIpc) is 2.63. The van der Waals surface area contributed by atoms with Crippen molar-refractivity contribution >= 4 is 23.5 Å².